The van der Waals surface area contributed by atoms with Crippen molar-refractivity contribution in [3.05, 3.63) is 66.1 Å². The van der Waals surface area contributed by atoms with E-state index in [-0.39, 0.29) is 30.5 Å². The van der Waals surface area contributed by atoms with Crippen LogP contribution >= 0.6 is 0 Å². The first-order valence-electron chi connectivity index (χ1n) is 9.28. The Hall–Kier alpha value is -3.62. The zero-order valence-electron chi connectivity index (χ0n) is 15.5. The fourth-order valence-electron chi connectivity index (χ4n) is 3.76. The summed E-state index contributed by atoms with van der Waals surface area (Å²) in [6.07, 6.45) is -2.56. The highest BCUT2D eigenvalue weighted by Crippen LogP contribution is 2.36. The minimum atomic E-state index is -4.47. The second-order valence-electron chi connectivity index (χ2n) is 7.16. The number of amides is 1. The van der Waals surface area contributed by atoms with Crippen molar-refractivity contribution in [2.45, 2.75) is 18.5 Å². The van der Waals surface area contributed by atoms with E-state index in [1.54, 1.807) is 0 Å². The van der Waals surface area contributed by atoms with Gasteiger partial charge in [0.25, 0.3) is 5.89 Å². The number of anilines is 1. The molecule has 2 aromatic carbocycles. The zero-order chi connectivity index (χ0) is 20.9. The van der Waals surface area contributed by atoms with Crippen molar-refractivity contribution in [1.29, 1.82) is 0 Å². The molecule has 1 atom stereocenters. The second kappa shape index (κ2) is 6.72. The van der Waals surface area contributed by atoms with Crippen LogP contribution in [0.4, 0.5) is 18.9 Å². The van der Waals surface area contributed by atoms with Crippen LogP contribution in [0, 0.1) is 0 Å². The predicted octanol–water partition coefficient (Wildman–Crippen LogP) is 4.76. The van der Waals surface area contributed by atoms with Gasteiger partial charge in [0.2, 0.25) is 5.91 Å². The summed E-state index contributed by atoms with van der Waals surface area (Å²) in [6, 6.07) is 12.3. The topological polar surface area (TPSA) is 75.0 Å². The number of carbonyl (C=O) groups excluding carboxylic acids is 1. The molecule has 1 fully saturated rings. The van der Waals surface area contributed by atoms with Crippen LogP contribution in [0.15, 0.2) is 59.3 Å². The molecule has 2 aromatic heterocycles. The van der Waals surface area contributed by atoms with E-state index in [0.717, 1.165) is 28.6 Å². The Morgan fingerprint density at radius 2 is 1.97 bits per heavy atom. The minimum absolute atomic E-state index is 0.101. The lowest BCUT2D eigenvalue weighted by Gasteiger charge is -2.18. The maximum absolute atomic E-state index is 13.0. The Kier molecular flexibility index (Phi) is 4.12. The Morgan fingerprint density at radius 3 is 2.80 bits per heavy atom. The number of aromatic nitrogens is 3. The van der Waals surface area contributed by atoms with Crippen molar-refractivity contribution in [3.63, 3.8) is 0 Å². The van der Waals surface area contributed by atoms with Crippen LogP contribution in [-0.2, 0) is 11.0 Å². The van der Waals surface area contributed by atoms with Gasteiger partial charge in [-0.3, -0.25) is 4.79 Å². The van der Waals surface area contributed by atoms with Crippen LogP contribution in [-0.4, -0.2) is 27.6 Å². The van der Waals surface area contributed by atoms with Crippen molar-refractivity contribution in [2.24, 2.45) is 0 Å². The molecule has 1 saturated heterocycles. The van der Waals surface area contributed by atoms with E-state index in [9.17, 15) is 18.0 Å². The van der Waals surface area contributed by atoms with Crippen LogP contribution < -0.4 is 4.90 Å². The van der Waals surface area contributed by atoms with Crippen molar-refractivity contribution >= 4 is 22.5 Å². The number of aromatic amines is 1. The van der Waals surface area contributed by atoms with E-state index in [1.165, 1.54) is 17.0 Å². The molecule has 5 rings (SSSR count). The van der Waals surface area contributed by atoms with Gasteiger partial charge in [0, 0.05) is 47.2 Å². The Balaban J connectivity index is 1.41. The van der Waals surface area contributed by atoms with Gasteiger partial charge in [0.1, 0.15) is 0 Å². The third kappa shape index (κ3) is 3.12. The molecular weight excluding hydrogens is 397 g/mol. The summed E-state index contributed by atoms with van der Waals surface area (Å²) >= 11 is 0. The summed E-state index contributed by atoms with van der Waals surface area (Å²) in [4.78, 5) is 21.4. The molecule has 1 aliphatic rings. The number of H-pyrrole nitrogens is 1. The first-order valence-corrected chi connectivity index (χ1v) is 9.28. The molecule has 0 radical (unpaired) electrons. The van der Waals surface area contributed by atoms with Gasteiger partial charge in [-0.15, -0.1) is 0 Å². The molecule has 3 heterocycles. The normalized spacial score (nSPS) is 17.2. The molecule has 4 aromatic rings. The summed E-state index contributed by atoms with van der Waals surface area (Å²) in [5.41, 5.74) is 1.11. The Labute approximate surface area is 168 Å². The molecule has 0 bridgehead atoms. The second-order valence-corrected chi connectivity index (χ2v) is 7.16. The van der Waals surface area contributed by atoms with Crippen molar-refractivity contribution < 1.29 is 22.5 Å². The van der Waals surface area contributed by atoms with Crippen LogP contribution in [0.1, 0.15) is 23.7 Å². The number of nitrogens with one attached hydrogen (secondary N) is 1. The number of benzene rings is 2. The molecule has 9 heteroatoms. The average molecular weight is 412 g/mol. The van der Waals surface area contributed by atoms with Crippen molar-refractivity contribution in [1.82, 2.24) is 15.1 Å². The van der Waals surface area contributed by atoms with Crippen molar-refractivity contribution in [2.75, 3.05) is 11.4 Å². The van der Waals surface area contributed by atoms with E-state index in [0.29, 0.717) is 11.7 Å². The third-order valence-electron chi connectivity index (χ3n) is 5.24. The van der Waals surface area contributed by atoms with Gasteiger partial charge in [-0.2, -0.15) is 18.2 Å². The van der Waals surface area contributed by atoms with E-state index < -0.39 is 11.7 Å². The van der Waals surface area contributed by atoms with Gasteiger partial charge in [-0.1, -0.05) is 17.3 Å². The molecule has 1 aliphatic heterocycles. The highest BCUT2D eigenvalue weighted by Gasteiger charge is 2.36. The van der Waals surface area contributed by atoms with Crippen molar-refractivity contribution in [3.8, 4) is 11.5 Å². The lowest BCUT2D eigenvalue weighted by atomic mass is 10.1. The van der Waals surface area contributed by atoms with E-state index >= 15 is 0 Å². The van der Waals surface area contributed by atoms with Crippen LogP contribution in [0.3, 0.4) is 0 Å². The number of fused-ring (bicyclic) bond motifs is 1. The van der Waals surface area contributed by atoms with Gasteiger partial charge in [-0.05, 0) is 36.4 Å². The predicted molar refractivity (Wildman–Crippen MR) is 103 cm³/mol. The van der Waals surface area contributed by atoms with Gasteiger partial charge in [0.15, 0.2) is 5.82 Å². The maximum Gasteiger partial charge on any atom is 0.416 e. The number of halogens is 3. The Bertz CT molecular complexity index is 1240. The summed E-state index contributed by atoms with van der Waals surface area (Å²) in [5.74, 6) is 0.0499. The summed E-state index contributed by atoms with van der Waals surface area (Å²) < 4.78 is 44.4. The number of hydrogen-bond donors (Lipinski definition) is 1. The highest BCUT2D eigenvalue weighted by molar-refractivity contribution is 5.96. The molecule has 152 valence electrons. The summed E-state index contributed by atoms with van der Waals surface area (Å²) in [6.45, 7) is 0.188. The van der Waals surface area contributed by atoms with E-state index in [1.807, 2.05) is 30.5 Å². The van der Waals surface area contributed by atoms with Gasteiger partial charge in [-0.25, -0.2) is 0 Å². The number of carbonyl (C=O) groups is 1. The van der Waals surface area contributed by atoms with Crippen LogP contribution in [0.2, 0.25) is 0 Å². The maximum atomic E-state index is 13.0. The largest absolute Gasteiger partial charge is 0.416 e. The summed E-state index contributed by atoms with van der Waals surface area (Å²) in [5, 5.41) is 4.96. The number of rotatable bonds is 3. The van der Waals surface area contributed by atoms with Gasteiger partial charge < -0.3 is 14.4 Å². The smallest absolute Gasteiger partial charge is 0.361 e. The van der Waals surface area contributed by atoms with Crippen LogP contribution in [0.25, 0.3) is 22.4 Å². The molecule has 0 saturated carbocycles. The number of nitrogens with zero attached hydrogens (tertiary/aromatic N) is 3. The van der Waals surface area contributed by atoms with Crippen LogP contribution in [0.5, 0.6) is 0 Å². The summed E-state index contributed by atoms with van der Waals surface area (Å²) in [7, 11) is 0. The van der Waals surface area contributed by atoms with Gasteiger partial charge >= 0.3 is 6.18 Å². The first kappa shape index (κ1) is 18.4. The lowest BCUT2D eigenvalue weighted by Crippen LogP contribution is -2.24. The Morgan fingerprint density at radius 1 is 1.13 bits per heavy atom. The fourth-order valence-corrected chi connectivity index (χ4v) is 3.76. The fraction of sp³-hybridized carbons (Fsp3) is 0.190. The monoisotopic (exact) mass is 412 g/mol. The molecule has 0 aliphatic carbocycles. The quantitative estimate of drug-likeness (QED) is 0.527. The standard InChI is InChI=1S/C21H15F3N4O2/c22-21(23,24)13-3-1-4-14(10-13)28-11-12(9-18(28)29)19-26-20(30-27-19)16-5-2-6-17-15(16)7-8-25-17/h1-8,10,12,25H,9,11H2. The molecule has 1 amide bonds. The molecule has 1 unspecified atom stereocenters. The number of hydrogen-bond acceptors (Lipinski definition) is 4. The molecule has 30 heavy (non-hydrogen) atoms. The lowest BCUT2D eigenvalue weighted by molar-refractivity contribution is -0.137. The average Bonchev–Trinajstić information content (AvgIpc) is 3.46. The van der Waals surface area contributed by atoms with E-state index in [4.69, 9.17) is 4.52 Å². The molecule has 6 nitrogen and oxygen atoms in total. The van der Waals surface area contributed by atoms with Gasteiger partial charge in [0.05, 0.1) is 5.56 Å². The molecular formula is C21H15F3N4O2. The SMILES string of the molecule is O=C1CC(c2noc(-c3cccc4[nH]ccc34)n2)CN1c1cccc(C(F)(F)F)c1. The molecule has 0 spiro atoms. The molecule has 1 N–H and O–H groups in total. The highest BCUT2D eigenvalue weighted by atomic mass is 19.4. The third-order valence-corrected chi connectivity index (χ3v) is 5.24. The first-order chi connectivity index (χ1) is 14.4. The minimum Gasteiger partial charge on any atom is -0.361 e. The number of alkyl halides is 3. The zero-order valence-corrected chi connectivity index (χ0v) is 15.5. The van der Waals surface area contributed by atoms with E-state index in [2.05, 4.69) is 15.1 Å².